The summed E-state index contributed by atoms with van der Waals surface area (Å²) in [7, 11) is 0. The number of nitrogens with zero attached hydrogens (tertiary/aromatic N) is 1. The van der Waals surface area contributed by atoms with Crippen molar-refractivity contribution in [2.45, 2.75) is 38.1 Å². The van der Waals surface area contributed by atoms with Crippen molar-refractivity contribution >= 4 is 23.4 Å². The molecule has 1 aliphatic carbocycles. The fourth-order valence-electron chi connectivity index (χ4n) is 2.70. The van der Waals surface area contributed by atoms with E-state index in [1.54, 1.807) is 0 Å². The summed E-state index contributed by atoms with van der Waals surface area (Å²) in [5.41, 5.74) is 4.87. The highest BCUT2D eigenvalue weighted by atomic mass is 32.2. The quantitative estimate of drug-likeness (QED) is 0.668. The minimum atomic E-state index is -0.331. The van der Waals surface area contributed by atoms with Gasteiger partial charge in [-0.3, -0.25) is 4.79 Å². The topological polar surface area (TPSA) is 74.8 Å². The number of hydrogen-bond acceptors (Lipinski definition) is 4. The first-order chi connectivity index (χ1) is 11.0. The predicted molar refractivity (Wildman–Crippen MR) is 92.2 cm³/mol. The van der Waals surface area contributed by atoms with Crippen LogP contribution in [0.5, 0.6) is 0 Å². The molecule has 0 radical (unpaired) electrons. The smallest absolute Gasteiger partial charge is 0.325 e. The Balaban J connectivity index is 1.65. The van der Waals surface area contributed by atoms with E-state index in [0.717, 1.165) is 41.8 Å². The zero-order chi connectivity index (χ0) is 16.4. The van der Waals surface area contributed by atoms with Gasteiger partial charge in [0.1, 0.15) is 5.03 Å². The number of fused-ring (bicyclic) bond motifs is 1. The second kappa shape index (κ2) is 6.58. The third-order valence-corrected chi connectivity index (χ3v) is 5.09. The number of H-pyrrole nitrogens is 1. The van der Waals surface area contributed by atoms with Gasteiger partial charge >= 0.3 is 5.69 Å². The Labute approximate surface area is 138 Å². The standard InChI is InChI=1S/C17H19N3O2S/c1-10-6-7-12(8-11(10)2)18-15(21)9-23-16-13-4-3-5-14(13)19-17(22)20-16/h6-8H,3-5,9H2,1-2H3,(H,18,21)(H,19,20,22). The van der Waals surface area contributed by atoms with Crippen LogP contribution in [0.3, 0.4) is 0 Å². The number of aryl methyl sites for hydroxylation is 3. The summed E-state index contributed by atoms with van der Waals surface area (Å²) < 4.78 is 0. The second-order valence-electron chi connectivity index (χ2n) is 5.79. The van der Waals surface area contributed by atoms with Gasteiger partial charge in [0.25, 0.3) is 0 Å². The maximum absolute atomic E-state index is 12.1. The van der Waals surface area contributed by atoms with Crippen molar-refractivity contribution in [1.29, 1.82) is 0 Å². The molecule has 2 N–H and O–H groups in total. The Kier molecular flexibility index (Phi) is 4.52. The number of rotatable bonds is 4. The molecule has 0 fully saturated rings. The Bertz CT molecular complexity index is 814. The number of nitrogens with one attached hydrogen (secondary N) is 2. The lowest BCUT2D eigenvalue weighted by molar-refractivity contribution is -0.113. The van der Waals surface area contributed by atoms with Crippen molar-refractivity contribution in [3.05, 3.63) is 51.1 Å². The number of anilines is 1. The molecule has 3 rings (SSSR count). The molecular formula is C17H19N3O2S. The van der Waals surface area contributed by atoms with Crippen LogP contribution in [0.15, 0.2) is 28.0 Å². The minimum Gasteiger partial charge on any atom is -0.325 e. The van der Waals surface area contributed by atoms with Crippen LogP contribution in [0.2, 0.25) is 0 Å². The molecule has 0 bridgehead atoms. The Hall–Kier alpha value is -2.08. The van der Waals surface area contributed by atoms with Crippen molar-refractivity contribution in [3.63, 3.8) is 0 Å². The van der Waals surface area contributed by atoms with E-state index in [9.17, 15) is 9.59 Å². The molecule has 2 aromatic rings. The molecular weight excluding hydrogens is 310 g/mol. The first-order valence-corrected chi connectivity index (χ1v) is 8.63. The number of carbonyl (C=O) groups is 1. The average molecular weight is 329 g/mol. The van der Waals surface area contributed by atoms with Crippen LogP contribution in [-0.4, -0.2) is 21.6 Å². The van der Waals surface area contributed by atoms with E-state index in [1.165, 1.54) is 17.3 Å². The van der Waals surface area contributed by atoms with E-state index in [4.69, 9.17) is 0 Å². The van der Waals surface area contributed by atoms with E-state index in [1.807, 2.05) is 32.0 Å². The fraction of sp³-hybridized carbons (Fsp3) is 0.353. The van der Waals surface area contributed by atoms with Crippen LogP contribution in [0.25, 0.3) is 0 Å². The lowest BCUT2D eigenvalue weighted by Gasteiger charge is -2.09. The highest BCUT2D eigenvalue weighted by Crippen LogP contribution is 2.27. The van der Waals surface area contributed by atoms with Crippen LogP contribution in [0.4, 0.5) is 5.69 Å². The molecule has 1 aliphatic rings. The van der Waals surface area contributed by atoms with E-state index in [0.29, 0.717) is 5.03 Å². The number of benzene rings is 1. The summed E-state index contributed by atoms with van der Waals surface area (Å²) >= 11 is 1.33. The molecule has 23 heavy (non-hydrogen) atoms. The van der Waals surface area contributed by atoms with Gasteiger partial charge in [-0.2, -0.15) is 4.98 Å². The van der Waals surface area contributed by atoms with Gasteiger partial charge in [-0.25, -0.2) is 4.79 Å². The van der Waals surface area contributed by atoms with E-state index >= 15 is 0 Å². The first-order valence-electron chi connectivity index (χ1n) is 7.65. The number of amides is 1. The van der Waals surface area contributed by atoms with Gasteiger partial charge in [-0.15, -0.1) is 0 Å². The molecule has 0 aliphatic heterocycles. The highest BCUT2D eigenvalue weighted by molar-refractivity contribution is 8.00. The van der Waals surface area contributed by atoms with Crippen molar-refractivity contribution < 1.29 is 4.79 Å². The molecule has 120 valence electrons. The number of carbonyl (C=O) groups excluding carboxylic acids is 1. The molecule has 1 heterocycles. The maximum Gasteiger partial charge on any atom is 0.346 e. The number of aromatic amines is 1. The Morgan fingerprint density at radius 1 is 1.30 bits per heavy atom. The second-order valence-corrected chi connectivity index (χ2v) is 6.76. The molecule has 0 spiro atoms. The molecule has 0 unspecified atom stereocenters. The van der Waals surface area contributed by atoms with Gasteiger partial charge < -0.3 is 10.3 Å². The van der Waals surface area contributed by atoms with Gasteiger partial charge in [0, 0.05) is 16.9 Å². The summed E-state index contributed by atoms with van der Waals surface area (Å²) in [4.78, 5) is 30.5. The highest BCUT2D eigenvalue weighted by Gasteiger charge is 2.18. The third-order valence-electron chi connectivity index (χ3n) is 4.07. The lowest BCUT2D eigenvalue weighted by atomic mass is 10.1. The van der Waals surface area contributed by atoms with Crippen LogP contribution in [0.1, 0.15) is 28.8 Å². The monoisotopic (exact) mass is 329 g/mol. The minimum absolute atomic E-state index is 0.0907. The zero-order valence-electron chi connectivity index (χ0n) is 13.2. The van der Waals surface area contributed by atoms with E-state index in [-0.39, 0.29) is 17.3 Å². The molecule has 1 aromatic heterocycles. The van der Waals surface area contributed by atoms with Crippen LogP contribution >= 0.6 is 11.8 Å². The van der Waals surface area contributed by atoms with Crippen LogP contribution in [0, 0.1) is 13.8 Å². The van der Waals surface area contributed by atoms with Gasteiger partial charge in [-0.1, -0.05) is 17.8 Å². The van der Waals surface area contributed by atoms with E-state index < -0.39 is 0 Å². The lowest BCUT2D eigenvalue weighted by Crippen LogP contribution is -2.17. The third kappa shape index (κ3) is 3.64. The maximum atomic E-state index is 12.1. The number of aromatic nitrogens is 2. The number of thioether (sulfide) groups is 1. The van der Waals surface area contributed by atoms with Crippen LogP contribution < -0.4 is 11.0 Å². The molecule has 1 amide bonds. The van der Waals surface area contributed by atoms with Gasteiger partial charge in [0.2, 0.25) is 5.91 Å². The molecule has 0 saturated heterocycles. The Morgan fingerprint density at radius 2 is 2.13 bits per heavy atom. The molecule has 0 saturated carbocycles. The summed E-state index contributed by atoms with van der Waals surface area (Å²) in [5.74, 6) is 0.155. The van der Waals surface area contributed by atoms with Crippen LogP contribution in [-0.2, 0) is 17.6 Å². The molecule has 6 heteroatoms. The molecule has 1 aromatic carbocycles. The van der Waals surface area contributed by atoms with Gasteiger partial charge in [0.15, 0.2) is 0 Å². The first kappa shape index (κ1) is 15.8. The SMILES string of the molecule is Cc1ccc(NC(=O)CSc2nc(=O)[nH]c3c2CCC3)cc1C. The number of hydrogen-bond donors (Lipinski definition) is 2. The average Bonchev–Trinajstić information content (AvgIpc) is 2.97. The zero-order valence-corrected chi connectivity index (χ0v) is 14.0. The largest absolute Gasteiger partial charge is 0.346 e. The van der Waals surface area contributed by atoms with Crippen molar-refractivity contribution in [2.24, 2.45) is 0 Å². The predicted octanol–water partition coefficient (Wildman–Crippen LogP) is 2.61. The summed E-state index contributed by atoms with van der Waals surface area (Å²) in [5, 5.41) is 3.58. The van der Waals surface area contributed by atoms with E-state index in [2.05, 4.69) is 15.3 Å². The fourth-order valence-corrected chi connectivity index (χ4v) is 3.59. The van der Waals surface area contributed by atoms with Crippen molar-refractivity contribution in [2.75, 3.05) is 11.1 Å². The normalized spacial score (nSPS) is 13.0. The Morgan fingerprint density at radius 3 is 2.91 bits per heavy atom. The van der Waals surface area contributed by atoms with Crippen molar-refractivity contribution in [1.82, 2.24) is 9.97 Å². The van der Waals surface area contributed by atoms with Gasteiger partial charge in [-0.05, 0) is 56.4 Å². The summed E-state index contributed by atoms with van der Waals surface area (Å²) in [6.07, 6.45) is 2.83. The van der Waals surface area contributed by atoms with Gasteiger partial charge in [0.05, 0.1) is 5.75 Å². The molecule has 5 nitrogen and oxygen atoms in total. The van der Waals surface area contributed by atoms with Crippen molar-refractivity contribution in [3.8, 4) is 0 Å². The molecule has 0 atom stereocenters. The summed E-state index contributed by atoms with van der Waals surface area (Å²) in [6.45, 7) is 4.05. The summed E-state index contributed by atoms with van der Waals surface area (Å²) in [6, 6.07) is 5.85.